The Morgan fingerprint density at radius 2 is 1.29 bits per heavy atom. The summed E-state index contributed by atoms with van der Waals surface area (Å²) in [5.41, 5.74) is 3.46. The number of fused-ring (bicyclic) bond motifs is 7. The van der Waals surface area contributed by atoms with Gasteiger partial charge in [-0.3, -0.25) is 0 Å². The second-order valence-electron chi connectivity index (χ2n) is 9.42. The molecule has 2 saturated carbocycles. The van der Waals surface area contributed by atoms with Crippen molar-refractivity contribution in [3.05, 3.63) is 105 Å². The number of hydrogen-bond acceptors (Lipinski definition) is 4. The van der Waals surface area contributed by atoms with Gasteiger partial charge in [0.05, 0.1) is 11.1 Å². The van der Waals surface area contributed by atoms with E-state index in [4.69, 9.17) is 32.7 Å². The van der Waals surface area contributed by atoms with E-state index in [0.29, 0.717) is 33.0 Å². The highest BCUT2D eigenvalue weighted by Crippen LogP contribution is 2.62. The predicted octanol–water partition coefficient (Wildman–Crippen LogP) is 6.35. The zero-order valence-corrected chi connectivity index (χ0v) is 19.7. The average Bonchev–Trinajstić information content (AvgIpc) is 3.48. The number of rotatable bonds is 4. The molecule has 3 aliphatic carbocycles. The van der Waals surface area contributed by atoms with Crippen molar-refractivity contribution < 1.29 is 19.1 Å². The lowest BCUT2D eigenvalue weighted by molar-refractivity contribution is -0.0698. The molecule has 3 aromatic carbocycles. The molecule has 0 aromatic heterocycles. The van der Waals surface area contributed by atoms with Crippen LogP contribution in [0, 0.1) is 17.8 Å². The molecule has 0 radical (unpaired) electrons. The second kappa shape index (κ2) is 8.44. The van der Waals surface area contributed by atoms with Crippen LogP contribution in [0.15, 0.2) is 72.8 Å². The van der Waals surface area contributed by atoms with E-state index in [1.54, 1.807) is 48.5 Å². The molecule has 2 bridgehead atoms. The lowest BCUT2D eigenvalue weighted by Crippen LogP contribution is -2.45. The number of carbonyl (C=O) groups is 2. The minimum Gasteiger partial charge on any atom is -0.455 e. The molecule has 4 nitrogen and oxygen atoms in total. The highest BCUT2D eigenvalue weighted by Gasteiger charge is 2.63. The molecule has 0 heterocycles. The van der Waals surface area contributed by atoms with Gasteiger partial charge in [0.25, 0.3) is 0 Å². The van der Waals surface area contributed by atoms with Gasteiger partial charge in [-0.25, -0.2) is 9.59 Å². The van der Waals surface area contributed by atoms with E-state index in [-0.39, 0.29) is 11.8 Å². The lowest BCUT2D eigenvalue weighted by atomic mass is 9.76. The minimum absolute atomic E-state index is 0.0962. The van der Waals surface area contributed by atoms with Crippen LogP contribution in [0.4, 0.5) is 0 Å². The maximum Gasteiger partial charge on any atom is 0.338 e. The summed E-state index contributed by atoms with van der Waals surface area (Å²) in [4.78, 5) is 26.1. The molecule has 2 unspecified atom stereocenters. The van der Waals surface area contributed by atoms with Gasteiger partial charge in [0, 0.05) is 21.9 Å². The zero-order chi connectivity index (χ0) is 23.4. The van der Waals surface area contributed by atoms with Crippen molar-refractivity contribution in [2.24, 2.45) is 17.8 Å². The fourth-order valence-electron chi connectivity index (χ4n) is 6.38. The number of benzene rings is 3. The van der Waals surface area contributed by atoms with Gasteiger partial charge in [-0.05, 0) is 72.2 Å². The highest BCUT2D eigenvalue weighted by molar-refractivity contribution is 6.31. The summed E-state index contributed by atoms with van der Waals surface area (Å²) in [6.45, 7) is 0. The molecule has 3 aromatic rings. The first-order valence-electron chi connectivity index (χ1n) is 11.5. The zero-order valence-electron chi connectivity index (χ0n) is 18.2. The summed E-state index contributed by atoms with van der Waals surface area (Å²) >= 11 is 12.2. The summed E-state index contributed by atoms with van der Waals surface area (Å²) in [5.74, 6) is 0.00408. The van der Waals surface area contributed by atoms with Crippen molar-refractivity contribution in [1.29, 1.82) is 0 Å². The summed E-state index contributed by atoms with van der Waals surface area (Å²) in [7, 11) is 0. The van der Waals surface area contributed by atoms with Crippen molar-refractivity contribution in [2.45, 2.75) is 31.0 Å². The summed E-state index contributed by atoms with van der Waals surface area (Å²) in [5, 5.41) is 0.939. The second-order valence-corrected chi connectivity index (χ2v) is 10.3. The SMILES string of the molecule is O=C(O[C@@H]1[C@H](OC(=O)c2cccc(Cl)c2)[C@@H]2C[C@H]1C1c3ccccc3CC12)c1cccc(Cl)c1. The van der Waals surface area contributed by atoms with Gasteiger partial charge >= 0.3 is 11.9 Å². The molecule has 3 aliphatic rings. The van der Waals surface area contributed by atoms with Crippen LogP contribution in [0.2, 0.25) is 10.0 Å². The van der Waals surface area contributed by atoms with Gasteiger partial charge in [0.2, 0.25) is 0 Å². The van der Waals surface area contributed by atoms with Gasteiger partial charge in [-0.15, -0.1) is 0 Å². The summed E-state index contributed by atoms with van der Waals surface area (Å²) in [6.07, 6.45) is 0.800. The Hall–Kier alpha value is -2.82. The van der Waals surface area contributed by atoms with Crippen molar-refractivity contribution in [3.63, 3.8) is 0 Å². The van der Waals surface area contributed by atoms with Crippen molar-refractivity contribution in [1.82, 2.24) is 0 Å². The molecule has 0 aliphatic heterocycles. The fourth-order valence-corrected chi connectivity index (χ4v) is 6.77. The van der Waals surface area contributed by atoms with Crippen LogP contribution in [-0.4, -0.2) is 24.1 Å². The van der Waals surface area contributed by atoms with Crippen LogP contribution in [0.25, 0.3) is 0 Å². The summed E-state index contributed by atoms with van der Waals surface area (Å²) in [6, 6.07) is 21.9. The van der Waals surface area contributed by atoms with E-state index in [9.17, 15) is 9.59 Å². The third kappa shape index (κ3) is 3.60. The Kier molecular flexibility index (Phi) is 5.39. The van der Waals surface area contributed by atoms with E-state index in [1.807, 2.05) is 0 Å². The number of hydrogen-bond donors (Lipinski definition) is 0. The molecular weight excluding hydrogens is 471 g/mol. The summed E-state index contributed by atoms with van der Waals surface area (Å²) < 4.78 is 12.1. The van der Waals surface area contributed by atoms with E-state index in [1.165, 1.54) is 11.1 Å². The van der Waals surface area contributed by atoms with Crippen LogP contribution in [0.3, 0.4) is 0 Å². The monoisotopic (exact) mass is 492 g/mol. The molecule has 34 heavy (non-hydrogen) atoms. The Bertz CT molecular complexity index is 1290. The van der Waals surface area contributed by atoms with Crippen molar-refractivity contribution >= 4 is 35.1 Å². The van der Waals surface area contributed by atoms with E-state index in [2.05, 4.69) is 24.3 Å². The smallest absolute Gasteiger partial charge is 0.338 e. The van der Waals surface area contributed by atoms with E-state index < -0.39 is 24.1 Å². The molecule has 0 spiro atoms. The van der Waals surface area contributed by atoms with Gasteiger partial charge in [0.1, 0.15) is 12.2 Å². The number of esters is 2. The first kappa shape index (κ1) is 21.7. The Morgan fingerprint density at radius 3 is 1.91 bits per heavy atom. The molecule has 0 amide bonds. The van der Waals surface area contributed by atoms with Gasteiger partial charge in [0.15, 0.2) is 0 Å². The quantitative estimate of drug-likeness (QED) is 0.398. The average molecular weight is 493 g/mol. The standard InChI is InChI=1S/C28H22Cl2O4/c29-18-8-3-6-16(11-18)27(31)33-25-22-14-23(24-20-10-2-1-5-15(20)13-21(22)24)26(25)34-28(32)17-7-4-9-19(30)12-17/h1-12,21-26H,13-14H2/t21?,22-,23+,24?,25-,26+/m1/s1. The normalized spacial score (nSPS) is 28.3. The molecule has 0 N–H and O–H groups in total. The molecule has 2 fully saturated rings. The van der Waals surface area contributed by atoms with Gasteiger partial charge in [-0.2, -0.15) is 0 Å². The first-order chi connectivity index (χ1) is 16.5. The maximum atomic E-state index is 13.1. The lowest BCUT2D eigenvalue weighted by Gasteiger charge is -2.37. The maximum absolute atomic E-state index is 13.1. The molecule has 6 rings (SSSR count). The molecule has 0 saturated heterocycles. The molecular formula is C28H22Cl2O4. The van der Waals surface area contributed by atoms with Gasteiger partial charge in [-0.1, -0.05) is 59.6 Å². The fraction of sp³-hybridized carbons (Fsp3) is 0.286. The van der Waals surface area contributed by atoms with Crippen molar-refractivity contribution in [3.8, 4) is 0 Å². The van der Waals surface area contributed by atoms with Crippen LogP contribution >= 0.6 is 23.2 Å². The predicted molar refractivity (Wildman–Crippen MR) is 129 cm³/mol. The Morgan fingerprint density at radius 1 is 0.706 bits per heavy atom. The molecule has 6 heteroatoms. The number of halogens is 2. The minimum atomic E-state index is -0.521. The topological polar surface area (TPSA) is 52.6 Å². The first-order valence-corrected chi connectivity index (χ1v) is 12.3. The largest absolute Gasteiger partial charge is 0.455 e. The Labute approximate surface area is 207 Å². The third-order valence-electron chi connectivity index (χ3n) is 7.66. The van der Waals surface area contributed by atoms with Crippen LogP contribution in [0.1, 0.15) is 44.2 Å². The van der Waals surface area contributed by atoms with Crippen LogP contribution < -0.4 is 0 Å². The number of carbonyl (C=O) groups excluding carboxylic acids is 2. The van der Waals surface area contributed by atoms with Crippen molar-refractivity contribution in [2.75, 3.05) is 0 Å². The van der Waals surface area contributed by atoms with Gasteiger partial charge < -0.3 is 9.47 Å². The molecule has 172 valence electrons. The third-order valence-corrected chi connectivity index (χ3v) is 8.13. The van der Waals surface area contributed by atoms with Crippen LogP contribution in [0.5, 0.6) is 0 Å². The van der Waals surface area contributed by atoms with E-state index >= 15 is 0 Å². The number of ether oxygens (including phenoxy) is 2. The highest BCUT2D eigenvalue weighted by atomic mass is 35.5. The molecule has 6 atom stereocenters. The van der Waals surface area contributed by atoms with Crippen LogP contribution in [-0.2, 0) is 15.9 Å². The Balaban J connectivity index is 1.32. The van der Waals surface area contributed by atoms with E-state index in [0.717, 1.165) is 12.8 Å².